The van der Waals surface area contributed by atoms with Gasteiger partial charge in [-0.25, -0.2) is 0 Å². The highest BCUT2D eigenvalue weighted by Crippen LogP contribution is 2.19. The Morgan fingerprint density at radius 1 is 1.00 bits per heavy atom. The quantitative estimate of drug-likeness (QED) is 0.534. The van der Waals surface area contributed by atoms with Crippen LogP contribution < -0.4 is 10.6 Å². The molecular weight excluding hydrogens is 370 g/mol. The Kier molecular flexibility index (Phi) is 6.29. The Hall–Kier alpha value is -3.61. The summed E-state index contributed by atoms with van der Waals surface area (Å²) < 4.78 is 5.25. The first-order chi connectivity index (χ1) is 13.9. The number of para-hydroxylation sites is 1. The smallest absolute Gasteiger partial charge is 0.306 e. The molecule has 0 spiro atoms. The Morgan fingerprint density at radius 3 is 2.34 bits per heavy atom. The molecule has 3 aromatic rings. The van der Waals surface area contributed by atoms with Crippen molar-refractivity contribution in [3.05, 3.63) is 60.3 Å². The second kappa shape index (κ2) is 9.05. The summed E-state index contributed by atoms with van der Waals surface area (Å²) in [6.45, 7) is 2.95. The fraction of sp³-hybridized carbons (Fsp3) is 0.227. The highest BCUT2D eigenvalue weighted by atomic mass is 16.5. The molecule has 0 aliphatic heterocycles. The molecule has 0 aliphatic carbocycles. The summed E-state index contributed by atoms with van der Waals surface area (Å²) in [5, 5.41) is 6.41. The van der Waals surface area contributed by atoms with Crippen molar-refractivity contribution in [1.29, 1.82) is 0 Å². The van der Waals surface area contributed by atoms with Crippen molar-refractivity contribution in [2.45, 2.75) is 32.8 Å². The molecule has 1 atom stereocenters. The molecule has 0 bridgehead atoms. The Labute approximate surface area is 168 Å². The summed E-state index contributed by atoms with van der Waals surface area (Å²) >= 11 is 0. The minimum Gasteiger partial charge on any atom is -0.453 e. The third kappa shape index (κ3) is 5.44. The second-order valence-electron chi connectivity index (χ2n) is 6.74. The standard InChI is InChI=1S/C22H23N3O4/c1-14(22(28)25-18-10-8-17(9-11-18)24-15(2)26)29-21(27)12-7-16-13-23-20-6-4-3-5-19(16)20/h3-6,8-11,13-14,23H,7,12H2,1-2H3,(H,24,26)(H,25,28). The van der Waals surface area contributed by atoms with Crippen molar-refractivity contribution in [3.8, 4) is 0 Å². The van der Waals surface area contributed by atoms with Crippen molar-refractivity contribution in [3.63, 3.8) is 0 Å². The number of aromatic amines is 1. The second-order valence-corrected chi connectivity index (χ2v) is 6.74. The molecular formula is C22H23N3O4. The van der Waals surface area contributed by atoms with Crippen LogP contribution in [0.3, 0.4) is 0 Å². The number of fused-ring (bicyclic) bond motifs is 1. The molecule has 7 nitrogen and oxygen atoms in total. The number of aromatic nitrogens is 1. The van der Waals surface area contributed by atoms with Crippen LogP contribution in [0.25, 0.3) is 10.9 Å². The molecule has 3 rings (SSSR count). The predicted molar refractivity (Wildman–Crippen MR) is 112 cm³/mol. The fourth-order valence-electron chi connectivity index (χ4n) is 2.97. The molecule has 0 saturated carbocycles. The molecule has 0 radical (unpaired) electrons. The molecule has 2 amide bonds. The number of benzene rings is 2. The average Bonchev–Trinajstić information content (AvgIpc) is 3.10. The molecule has 7 heteroatoms. The van der Waals surface area contributed by atoms with Gasteiger partial charge in [-0.2, -0.15) is 0 Å². The number of hydrogen-bond acceptors (Lipinski definition) is 4. The lowest BCUT2D eigenvalue weighted by Crippen LogP contribution is -2.30. The van der Waals surface area contributed by atoms with Gasteiger partial charge in [-0.05, 0) is 49.2 Å². The molecule has 29 heavy (non-hydrogen) atoms. The van der Waals surface area contributed by atoms with Gasteiger partial charge in [-0.1, -0.05) is 18.2 Å². The number of carbonyl (C=O) groups excluding carboxylic acids is 3. The molecule has 1 aromatic heterocycles. The van der Waals surface area contributed by atoms with Crippen LogP contribution in [-0.4, -0.2) is 28.9 Å². The lowest BCUT2D eigenvalue weighted by molar-refractivity contribution is -0.153. The third-order valence-corrected chi connectivity index (χ3v) is 4.42. The number of anilines is 2. The highest BCUT2D eigenvalue weighted by Gasteiger charge is 2.18. The van der Waals surface area contributed by atoms with Crippen LogP contribution in [0.5, 0.6) is 0 Å². The lowest BCUT2D eigenvalue weighted by Gasteiger charge is -2.14. The highest BCUT2D eigenvalue weighted by molar-refractivity contribution is 5.95. The molecule has 150 valence electrons. The maximum absolute atomic E-state index is 12.3. The fourth-order valence-corrected chi connectivity index (χ4v) is 2.97. The number of H-pyrrole nitrogens is 1. The molecule has 0 aliphatic rings. The van der Waals surface area contributed by atoms with Crippen LogP contribution in [0.15, 0.2) is 54.7 Å². The number of esters is 1. The van der Waals surface area contributed by atoms with E-state index in [9.17, 15) is 14.4 Å². The first-order valence-corrected chi connectivity index (χ1v) is 9.35. The topological polar surface area (TPSA) is 100 Å². The van der Waals surface area contributed by atoms with Crippen LogP contribution in [0.1, 0.15) is 25.8 Å². The van der Waals surface area contributed by atoms with Gasteiger partial charge in [-0.15, -0.1) is 0 Å². The van der Waals surface area contributed by atoms with E-state index in [1.165, 1.54) is 13.8 Å². The monoisotopic (exact) mass is 393 g/mol. The van der Waals surface area contributed by atoms with Crippen LogP contribution in [0.4, 0.5) is 11.4 Å². The van der Waals surface area contributed by atoms with Crippen molar-refractivity contribution in [2.24, 2.45) is 0 Å². The first-order valence-electron chi connectivity index (χ1n) is 9.35. The average molecular weight is 393 g/mol. The predicted octanol–water partition coefficient (Wildman–Crippen LogP) is 3.63. The summed E-state index contributed by atoms with van der Waals surface area (Å²) in [4.78, 5) is 38.6. The SMILES string of the molecule is CC(=O)Nc1ccc(NC(=O)C(C)OC(=O)CCc2c[nH]c3ccccc23)cc1. The summed E-state index contributed by atoms with van der Waals surface area (Å²) in [5.41, 5.74) is 3.24. The van der Waals surface area contributed by atoms with Crippen LogP contribution in [0.2, 0.25) is 0 Å². The lowest BCUT2D eigenvalue weighted by atomic mass is 10.1. The van der Waals surface area contributed by atoms with Gasteiger partial charge in [0.05, 0.1) is 0 Å². The minimum atomic E-state index is -0.916. The van der Waals surface area contributed by atoms with Gasteiger partial charge in [0.15, 0.2) is 6.10 Å². The zero-order chi connectivity index (χ0) is 20.8. The number of amides is 2. The van der Waals surface area contributed by atoms with Gasteiger partial charge in [0.25, 0.3) is 5.91 Å². The summed E-state index contributed by atoms with van der Waals surface area (Å²) in [5.74, 6) is -1.02. The summed E-state index contributed by atoms with van der Waals surface area (Å²) in [6, 6.07) is 14.6. The van der Waals surface area contributed by atoms with Crippen LogP contribution in [-0.2, 0) is 25.5 Å². The van der Waals surface area contributed by atoms with Gasteiger partial charge >= 0.3 is 5.97 Å². The van der Waals surface area contributed by atoms with Gasteiger partial charge in [0.1, 0.15) is 0 Å². The number of aryl methyl sites for hydroxylation is 1. The molecule has 1 heterocycles. The maximum atomic E-state index is 12.3. The number of rotatable bonds is 7. The zero-order valence-electron chi connectivity index (χ0n) is 16.3. The van der Waals surface area contributed by atoms with Gasteiger partial charge in [0, 0.05) is 41.8 Å². The zero-order valence-corrected chi connectivity index (χ0v) is 16.3. The van der Waals surface area contributed by atoms with Gasteiger partial charge in [-0.3, -0.25) is 14.4 Å². The van der Waals surface area contributed by atoms with Crippen molar-refractivity contribution >= 4 is 40.1 Å². The summed E-state index contributed by atoms with van der Waals surface area (Å²) in [6.07, 6.45) is 1.69. The molecule has 1 unspecified atom stereocenters. The largest absolute Gasteiger partial charge is 0.453 e. The van der Waals surface area contributed by atoms with E-state index in [1.807, 2.05) is 30.5 Å². The van der Waals surface area contributed by atoms with Crippen LogP contribution >= 0.6 is 0 Å². The van der Waals surface area contributed by atoms with Gasteiger partial charge < -0.3 is 20.4 Å². The number of carbonyl (C=O) groups is 3. The van der Waals surface area contributed by atoms with Gasteiger partial charge in [0.2, 0.25) is 5.91 Å². The molecule has 0 saturated heterocycles. The number of nitrogens with one attached hydrogen (secondary N) is 3. The van der Waals surface area contributed by atoms with E-state index >= 15 is 0 Å². The number of hydrogen-bond donors (Lipinski definition) is 3. The van der Waals surface area contributed by atoms with Crippen molar-refractivity contribution < 1.29 is 19.1 Å². The molecule has 0 fully saturated rings. The summed E-state index contributed by atoms with van der Waals surface area (Å²) in [7, 11) is 0. The van der Waals surface area contributed by atoms with Crippen molar-refractivity contribution in [2.75, 3.05) is 10.6 Å². The molecule has 2 aromatic carbocycles. The van der Waals surface area contributed by atoms with E-state index in [0.29, 0.717) is 17.8 Å². The first kappa shape index (κ1) is 20.1. The van der Waals surface area contributed by atoms with E-state index in [-0.39, 0.29) is 12.3 Å². The van der Waals surface area contributed by atoms with E-state index in [1.54, 1.807) is 24.3 Å². The Morgan fingerprint density at radius 2 is 1.66 bits per heavy atom. The Bertz CT molecular complexity index is 1020. The van der Waals surface area contributed by atoms with E-state index in [4.69, 9.17) is 4.74 Å². The molecule has 3 N–H and O–H groups in total. The van der Waals surface area contributed by atoms with E-state index < -0.39 is 18.0 Å². The number of ether oxygens (including phenoxy) is 1. The van der Waals surface area contributed by atoms with Crippen LogP contribution in [0, 0.1) is 0 Å². The Balaban J connectivity index is 1.48. The third-order valence-electron chi connectivity index (χ3n) is 4.42. The van der Waals surface area contributed by atoms with E-state index in [0.717, 1.165) is 16.5 Å². The van der Waals surface area contributed by atoms with Crippen molar-refractivity contribution in [1.82, 2.24) is 4.98 Å². The maximum Gasteiger partial charge on any atom is 0.306 e. The van der Waals surface area contributed by atoms with E-state index in [2.05, 4.69) is 15.6 Å². The normalized spacial score (nSPS) is 11.7. The minimum absolute atomic E-state index is 0.171.